The first-order valence-electron chi connectivity index (χ1n) is 4.43. The molecule has 1 aromatic carbocycles. The third-order valence-electron chi connectivity index (χ3n) is 1.81. The molecule has 0 heterocycles. The Morgan fingerprint density at radius 1 is 1.36 bits per heavy atom. The molecular weight excluding hydrogens is 183 g/mol. The molecule has 0 aromatic heterocycles. The van der Waals surface area contributed by atoms with Gasteiger partial charge in [-0.1, -0.05) is 0 Å². The van der Waals surface area contributed by atoms with E-state index in [-0.39, 0.29) is 6.67 Å². The largest absolute Gasteiger partial charge is 0.385 e. The number of nitrogens with one attached hydrogen (secondary N) is 1. The molecule has 0 saturated carbocycles. The van der Waals surface area contributed by atoms with Crippen LogP contribution in [-0.4, -0.2) is 19.1 Å². The normalized spacial score (nSPS) is 9.79. The van der Waals surface area contributed by atoms with Crippen molar-refractivity contribution in [2.24, 2.45) is 5.73 Å². The Morgan fingerprint density at radius 2 is 2.00 bits per heavy atom. The van der Waals surface area contributed by atoms with Crippen LogP contribution in [0.3, 0.4) is 0 Å². The van der Waals surface area contributed by atoms with Crippen LogP contribution in [0.25, 0.3) is 0 Å². The van der Waals surface area contributed by atoms with Crippen molar-refractivity contribution in [3.05, 3.63) is 29.8 Å². The van der Waals surface area contributed by atoms with Gasteiger partial charge in [0, 0.05) is 17.8 Å². The van der Waals surface area contributed by atoms with Gasteiger partial charge in [0.15, 0.2) is 0 Å². The molecule has 0 atom stereocenters. The monoisotopic (exact) mass is 196 g/mol. The van der Waals surface area contributed by atoms with Gasteiger partial charge in [-0.05, 0) is 30.7 Å². The van der Waals surface area contributed by atoms with E-state index in [1.54, 1.807) is 24.3 Å². The highest BCUT2D eigenvalue weighted by Gasteiger charge is 1.98. The van der Waals surface area contributed by atoms with Gasteiger partial charge in [0.1, 0.15) is 0 Å². The molecule has 1 amide bonds. The van der Waals surface area contributed by atoms with E-state index in [0.717, 1.165) is 5.69 Å². The quantitative estimate of drug-likeness (QED) is 0.702. The number of alkyl halides is 1. The van der Waals surface area contributed by atoms with Crippen molar-refractivity contribution in [1.29, 1.82) is 0 Å². The smallest absolute Gasteiger partial charge is 0.248 e. The van der Waals surface area contributed by atoms with Crippen molar-refractivity contribution in [2.45, 2.75) is 6.42 Å². The summed E-state index contributed by atoms with van der Waals surface area (Å²) in [5.41, 5.74) is 6.41. The third-order valence-corrected chi connectivity index (χ3v) is 1.81. The van der Waals surface area contributed by atoms with E-state index in [1.165, 1.54) is 0 Å². The molecule has 0 unspecified atom stereocenters. The second-order valence-electron chi connectivity index (χ2n) is 2.91. The van der Waals surface area contributed by atoms with Crippen molar-refractivity contribution in [1.82, 2.24) is 0 Å². The topological polar surface area (TPSA) is 55.1 Å². The summed E-state index contributed by atoms with van der Waals surface area (Å²) in [6, 6.07) is 6.77. The molecule has 0 radical (unpaired) electrons. The fourth-order valence-electron chi connectivity index (χ4n) is 1.05. The number of nitrogens with two attached hydrogens (primary N) is 1. The first-order chi connectivity index (χ1) is 6.74. The lowest BCUT2D eigenvalue weighted by Gasteiger charge is -2.04. The average Bonchev–Trinajstić information content (AvgIpc) is 2.19. The Kier molecular flexibility index (Phi) is 3.91. The van der Waals surface area contributed by atoms with Gasteiger partial charge in [-0.15, -0.1) is 0 Å². The van der Waals surface area contributed by atoms with Crippen LogP contribution < -0.4 is 11.1 Å². The molecule has 3 nitrogen and oxygen atoms in total. The zero-order chi connectivity index (χ0) is 10.4. The number of carbonyl (C=O) groups is 1. The fourth-order valence-corrected chi connectivity index (χ4v) is 1.05. The Morgan fingerprint density at radius 3 is 2.50 bits per heavy atom. The Hall–Kier alpha value is -1.58. The van der Waals surface area contributed by atoms with Crippen LogP contribution in [0.1, 0.15) is 16.8 Å². The number of primary amides is 1. The van der Waals surface area contributed by atoms with Gasteiger partial charge in [0.2, 0.25) is 5.91 Å². The number of anilines is 1. The van der Waals surface area contributed by atoms with Gasteiger partial charge in [0.25, 0.3) is 0 Å². The zero-order valence-electron chi connectivity index (χ0n) is 7.79. The van der Waals surface area contributed by atoms with E-state index in [2.05, 4.69) is 5.32 Å². The molecule has 0 spiro atoms. The highest BCUT2D eigenvalue weighted by molar-refractivity contribution is 5.93. The Balaban J connectivity index is 2.51. The molecule has 0 bridgehead atoms. The van der Waals surface area contributed by atoms with Crippen molar-refractivity contribution in [3.63, 3.8) is 0 Å². The van der Waals surface area contributed by atoms with Crippen molar-refractivity contribution >= 4 is 11.6 Å². The molecule has 1 rings (SSSR count). The van der Waals surface area contributed by atoms with Crippen molar-refractivity contribution in [2.75, 3.05) is 18.5 Å². The molecule has 14 heavy (non-hydrogen) atoms. The average molecular weight is 196 g/mol. The lowest BCUT2D eigenvalue weighted by molar-refractivity contribution is 0.100. The van der Waals surface area contributed by atoms with Crippen LogP contribution in [0.4, 0.5) is 10.1 Å². The van der Waals surface area contributed by atoms with E-state index in [1.807, 2.05) is 0 Å². The maximum absolute atomic E-state index is 11.8. The molecular formula is C10H13FN2O. The minimum atomic E-state index is -0.444. The van der Waals surface area contributed by atoms with Crippen molar-refractivity contribution < 1.29 is 9.18 Å². The van der Waals surface area contributed by atoms with Crippen LogP contribution in [0, 0.1) is 0 Å². The number of carbonyl (C=O) groups excluding carboxylic acids is 1. The van der Waals surface area contributed by atoms with Gasteiger partial charge in [0.05, 0.1) is 6.67 Å². The highest BCUT2D eigenvalue weighted by atomic mass is 19.1. The lowest BCUT2D eigenvalue weighted by Crippen LogP contribution is -2.10. The molecule has 0 aliphatic heterocycles. The molecule has 4 heteroatoms. The summed E-state index contributed by atoms with van der Waals surface area (Å²) in [5.74, 6) is -0.444. The summed E-state index contributed by atoms with van der Waals surface area (Å²) in [7, 11) is 0. The Labute approximate surface area is 82.1 Å². The zero-order valence-corrected chi connectivity index (χ0v) is 7.79. The molecule has 3 N–H and O–H groups in total. The minimum Gasteiger partial charge on any atom is -0.385 e. The molecule has 0 saturated heterocycles. The maximum atomic E-state index is 11.8. The number of rotatable bonds is 5. The summed E-state index contributed by atoms with van der Waals surface area (Å²) in [6.45, 7) is 0.263. The van der Waals surface area contributed by atoms with E-state index >= 15 is 0 Å². The van der Waals surface area contributed by atoms with Crippen LogP contribution in [-0.2, 0) is 0 Å². The fraction of sp³-hybridized carbons (Fsp3) is 0.300. The molecule has 1 aromatic rings. The number of hydrogen-bond acceptors (Lipinski definition) is 2. The van der Waals surface area contributed by atoms with Crippen molar-refractivity contribution in [3.8, 4) is 0 Å². The second-order valence-corrected chi connectivity index (χ2v) is 2.91. The Bertz CT molecular complexity index is 297. The first-order valence-corrected chi connectivity index (χ1v) is 4.43. The number of benzene rings is 1. The van der Waals surface area contributed by atoms with Crippen LogP contribution in [0.2, 0.25) is 0 Å². The van der Waals surface area contributed by atoms with Crippen LogP contribution >= 0.6 is 0 Å². The predicted molar refractivity (Wildman–Crippen MR) is 54.0 cm³/mol. The number of hydrogen-bond donors (Lipinski definition) is 2. The SMILES string of the molecule is NC(=O)c1ccc(NCCCF)cc1. The number of amides is 1. The molecule has 76 valence electrons. The third kappa shape index (κ3) is 3.05. The summed E-state index contributed by atoms with van der Waals surface area (Å²) in [4.78, 5) is 10.7. The lowest BCUT2D eigenvalue weighted by atomic mass is 10.2. The maximum Gasteiger partial charge on any atom is 0.248 e. The van der Waals surface area contributed by atoms with Gasteiger partial charge in [-0.2, -0.15) is 0 Å². The first kappa shape index (κ1) is 10.5. The summed E-state index contributed by atoms with van der Waals surface area (Å²) >= 11 is 0. The standard InChI is InChI=1S/C10H13FN2O/c11-6-1-7-13-9-4-2-8(3-5-9)10(12)14/h2-5,13H,1,6-7H2,(H2,12,14). The summed E-state index contributed by atoms with van der Waals surface area (Å²) < 4.78 is 11.8. The number of halogens is 1. The molecule has 0 aliphatic rings. The summed E-state index contributed by atoms with van der Waals surface area (Å²) in [6.07, 6.45) is 0.484. The predicted octanol–water partition coefficient (Wildman–Crippen LogP) is 1.56. The summed E-state index contributed by atoms with van der Waals surface area (Å²) in [5, 5.41) is 3.02. The van der Waals surface area contributed by atoms with E-state index in [0.29, 0.717) is 18.5 Å². The molecule has 0 aliphatic carbocycles. The van der Waals surface area contributed by atoms with Crippen LogP contribution in [0.15, 0.2) is 24.3 Å². The highest BCUT2D eigenvalue weighted by Crippen LogP contribution is 2.08. The van der Waals surface area contributed by atoms with E-state index < -0.39 is 5.91 Å². The molecule has 0 fully saturated rings. The van der Waals surface area contributed by atoms with E-state index in [4.69, 9.17) is 5.73 Å². The van der Waals surface area contributed by atoms with E-state index in [9.17, 15) is 9.18 Å². The minimum absolute atomic E-state index is 0.327. The second kappa shape index (κ2) is 5.21. The van der Waals surface area contributed by atoms with Gasteiger partial charge < -0.3 is 11.1 Å². The van der Waals surface area contributed by atoms with Gasteiger partial charge in [-0.3, -0.25) is 9.18 Å². The van der Waals surface area contributed by atoms with Gasteiger partial charge in [-0.25, -0.2) is 0 Å². The van der Waals surface area contributed by atoms with Crippen LogP contribution in [0.5, 0.6) is 0 Å². The van der Waals surface area contributed by atoms with Gasteiger partial charge >= 0.3 is 0 Å².